The third-order valence-electron chi connectivity index (χ3n) is 5.50. The van der Waals surface area contributed by atoms with Crippen molar-refractivity contribution in [2.45, 2.75) is 32.0 Å². The molecule has 1 saturated heterocycles. The Kier molecular flexibility index (Phi) is 5.95. The van der Waals surface area contributed by atoms with Crippen LogP contribution in [0.1, 0.15) is 30.2 Å². The Morgan fingerprint density at radius 3 is 2.54 bits per heavy atom. The van der Waals surface area contributed by atoms with Crippen molar-refractivity contribution >= 4 is 32.7 Å². The van der Waals surface area contributed by atoms with Crippen LogP contribution in [0.15, 0.2) is 30.5 Å². The zero-order valence-electron chi connectivity index (χ0n) is 18.5. The topological polar surface area (TPSA) is 146 Å². The van der Waals surface area contributed by atoms with Gasteiger partial charge in [-0.25, -0.2) is 12.8 Å². The SMILES string of the molecule is CC(C(N)=O)n1nc(-c2cc(OC(F)F)ccc2F)c2ncc(C(=O)NC3(C)CS(=O)(=O)C3)cc21. The van der Waals surface area contributed by atoms with Gasteiger partial charge in [-0.1, -0.05) is 0 Å². The van der Waals surface area contributed by atoms with Crippen LogP contribution in [-0.2, 0) is 14.6 Å². The van der Waals surface area contributed by atoms with E-state index in [9.17, 15) is 31.2 Å². The highest BCUT2D eigenvalue weighted by molar-refractivity contribution is 7.93. The lowest BCUT2D eigenvalue weighted by Gasteiger charge is -2.38. The highest BCUT2D eigenvalue weighted by Crippen LogP contribution is 2.33. The molecule has 186 valence electrons. The summed E-state index contributed by atoms with van der Waals surface area (Å²) in [6, 6.07) is 3.27. The number of hydrogen-bond acceptors (Lipinski definition) is 7. The highest BCUT2D eigenvalue weighted by atomic mass is 32.2. The van der Waals surface area contributed by atoms with Gasteiger partial charge in [-0.15, -0.1) is 0 Å². The average Bonchev–Trinajstić information content (AvgIpc) is 3.11. The van der Waals surface area contributed by atoms with Gasteiger partial charge in [0.25, 0.3) is 5.91 Å². The molecule has 14 heteroatoms. The predicted octanol–water partition coefficient (Wildman–Crippen LogP) is 1.80. The number of halogens is 3. The van der Waals surface area contributed by atoms with Crippen LogP contribution in [0, 0.1) is 5.82 Å². The van der Waals surface area contributed by atoms with Crippen molar-refractivity contribution in [3.05, 3.63) is 41.8 Å². The number of nitrogens with zero attached hydrogens (tertiary/aromatic N) is 3. The second-order valence-electron chi connectivity index (χ2n) is 8.53. The summed E-state index contributed by atoms with van der Waals surface area (Å²) in [7, 11) is -3.21. The summed E-state index contributed by atoms with van der Waals surface area (Å²) in [5.41, 5.74) is 4.41. The Balaban J connectivity index is 1.80. The molecule has 1 atom stereocenters. The van der Waals surface area contributed by atoms with Crippen molar-refractivity contribution in [2.75, 3.05) is 11.5 Å². The number of hydrogen-bond donors (Lipinski definition) is 2. The molecule has 2 aromatic heterocycles. The molecule has 1 aliphatic heterocycles. The molecule has 3 heterocycles. The zero-order valence-corrected chi connectivity index (χ0v) is 19.3. The second-order valence-corrected chi connectivity index (χ2v) is 10.6. The van der Waals surface area contributed by atoms with Crippen LogP contribution in [0.3, 0.4) is 0 Å². The first-order valence-corrected chi connectivity index (χ1v) is 12.1. The van der Waals surface area contributed by atoms with Crippen molar-refractivity contribution in [3.8, 4) is 17.0 Å². The fourth-order valence-corrected chi connectivity index (χ4v) is 5.95. The first-order valence-electron chi connectivity index (χ1n) is 10.2. The summed E-state index contributed by atoms with van der Waals surface area (Å²) >= 11 is 0. The maximum atomic E-state index is 14.7. The Labute approximate surface area is 197 Å². The number of alkyl halides is 2. The van der Waals surface area contributed by atoms with E-state index in [1.165, 1.54) is 19.2 Å². The minimum Gasteiger partial charge on any atom is -0.435 e. The van der Waals surface area contributed by atoms with E-state index in [1.54, 1.807) is 6.92 Å². The number of rotatable bonds is 7. The largest absolute Gasteiger partial charge is 0.435 e. The molecule has 0 radical (unpaired) electrons. The monoisotopic (exact) mass is 511 g/mol. The molecule has 0 aliphatic carbocycles. The van der Waals surface area contributed by atoms with Crippen molar-refractivity contribution in [1.82, 2.24) is 20.1 Å². The number of sulfone groups is 1. The minimum atomic E-state index is -3.21. The Hall–Kier alpha value is -3.68. The summed E-state index contributed by atoms with van der Waals surface area (Å²) in [6.45, 7) is -0.116. The molecule has 0 spiro atoms. The van der Waals surface area contributed by atoms with Crippen LogP contribution in [0.4, 0.5) is 13.2 Å². The van der Waals surface area contributed by atoms with Gasteiger partial charge in [0.15, 0.2) is 9.84 Å². The van der Waals surface area contributed by atoms with Gasteiger partial charge < -0.3 is 15.8 Å². The third kappa shape index (κ3) is 4.78. The number of primary amides is 1. The van der Waals surface area contributed by atoms with Crippen LogP contribution in [0.25, 0.3) is 22.3 Å². The van der Waals surface area contributed by atoms with Crippen molar-refractivity contribution in [1.29, 1.82) is 0 Å². The van der Waals surface area contributed by atoms with E-state index in [0.717, 1.165) is 22.9 Å². The molecule has 1 unspecified atom stereocenters. The number of amides is 2. The number of ether oxygens (including phenoxy) is 1. The number of aromatic nitrogens is 3. The van der Waals surface area contributed by atoms with Gasteiger partial charge in [-0.05, 0) is 38.1 Å². The molecular weight excluding hydrogens is 491 g/mol. The Morgan fingerprint density at radius 2 is 1.94 bits per heavy atom. The number of fused-ring (bicyclic) bond motifs is 1. The van der Waals surface area contributed by atoms with Gasteiger partial charge >= 0.3 is 6.61 Å². The molecule has 0 bridgehead atoms. The maximum Gasteiger partial charge on any atom is 0.387 e. The van der Waals surface area contributed by atoms with Crippen molar-refractivity contribution < 1.29 is 35.9 Å². The number of nitrogens with one attached hydrogen (secondary N) is 1. The van der Waals surface area contributed by atoms with E-state index < -0.39 is 45.7 Å². The van der Waals surface area contributed by atoms with Crippen LogP contribution in [0.5, 0.6) is 5.75 Å². The molecule has 2 amide bonds. The molecule has 4 rings (SSSR count). The molecule has 1 fully saturated rings. The lowest BCUT2D eigenvalue weighted by Crippen LogP contribution is -2.63. The van der Waals surface area contributed by atoms with Gasteiger partial charge in [-0.2, -0.15) is 13.9 Å². The predicted molar refractivity (Wildman–Crippen MR) is 118 cm³/mol. The summed E-state index contributed by atoms with van der Waals surface area (Å²) in [5, 5.41) is 6.89. The van der Waals surface area contributed by atoms with Gasteiger partial charge in [-0.3, -0.25) is 19.3 Å². The molecular formula is C21H20F3N5O5S. The summed E-state index contributed by atoms with van der Waals surface area (Å²) in [6.07, 6.45) is 1.18. The van der Waals surface area contributed by atoms with E-state index in [4.69, 9.17) is 5.73 Å². The molecule has 3 aromatic rings. The quantitative estimate of drug-likeness (QED) is 0.492. The molecule has 3 N–H and O–H groups in total. The third-order valence-corrected chi connectivity index (χ3v) is 7.65. The van der Waals surface area contributed by atoms with E-state index >= 15 is 0 Å². The Morgan fingerprint density at radius 1 is 1.26 bits per heavy atom. The normalized spacial score (nSPS) is 17.1. The first kappa shape index (κ1) is 24.4. The molecule has 10 nitrogen and oxygen atoms in total. The van der Waals surface area contributed by atoms with Crippen LogP contribution in [-0.4, -0.2) is 58.7 Å². The van der Waals surface area contributed by atoms with E-state index in [2.05, 4.69) is 20.1 Å². The lowest BCUT2D eigenvalue weighted by molar-refractivity contribution is -0.120. The maximum absolute atomic E-state index is 14.7. The highest BCUT2D eigenvalue weighted by Gasteiger charge is 2.45. The number of pyridine rings is 1. The number of carbonyl (C=O) groups is 2. The minimum absolute atomic E-state index is 0.0302. The lowest BCUT2D eigenvalue weighted by atomic mass is 10.1. The van der Waals surface area contributed by atoms with Gasteiger partial charge in [0.1, 0.15) is 28.8 Å². The van der Waals surface area contributed by atoms with Gasteiger partial charge in [0.2, 0.25) is 5.91 Å². The number of nitrogens with two attached hydrogens (primary N) is 1. The van der Waals surface area contributed by atoms with E-state index in [0.29, 0.717) is 0 Å². The molecule has 0 saturated carbocycles. The fourth-order valence-electron chi connectivity index (χ4n) is 3.95. The van der Waals surface area contributed by atoms with Crippen LogP contribution in [0.2, 0.25) is 0 Å². The number of benzene rings is 1. The van der Waals surface area contributed by atoms with Crippen molar-refractivity contribution in [2.24, 2.45) is 5.73 Å². The second kappa shape index (κ2) is 8.52. The van der Waals surface area contributed by atoms with E-state index in [-0.39, 0.29) is 45.1 Å². The summed E-state index contributed by atoms with van der Waals surface area (Å²) in [4.78, 5) is 28.9. The summed E-state index contributed by atoms with van der Waals surface area (Å²) in [5.74, 6) is -2.94. The molecule has 1 aliphatic rings. The smallest absolute Gasteiger partial charge is 0.387 e. The fraction of sp³-hybridized carbons (Fsp3) is 0.333. The zero-order chi connectivity index (χ0) is 25.7. The van der Waals surface area contributed by atoms with Crippen molar-refractivity contribution in [3.63, 3.8) is 0 Å². The first-order chi connectivity index (χ1) is 16.3. The van der Waals surface area contributed by atoms with Crippen LogP contribution >= 0.6 is 0 Å². The molecule has 1 aromatic carbocycles. The average molecular weight is 511 g/mol. The summed E-state index contributed by atoms with van der Waals surface area (Å²) < 4.78 is 68.5. The number of carbonyl (C=O) groups excluding carboxylic acids is 2. The van der Waals surface area contributed by atoms with E-state index in [1.807, 2.05) is 0 Å². The Bertz CT molecular complexity index is 1450. The van der Waals surface area contributed by atoms with Gasteiger partial charge in [0, 0.05) is 11.8 Å². The van der Waals surface area contributed by atoms with Gasteiger partial charge in [0.05, 0.1) is 28.1 Å². The van der Waals surface area contributed by atoms with Crippen LogP contribution < -0.4 is 15.8 Å². The standard InChI is InChI=1S/C21H20F3N5O5S/c1-10(18(25)30)29-15-5-11(19(31)27-21(2)8-35(32,33)9-21)7-26-17(15)16(28-29)13-6-12(34-20(23)24)3-4-14(13)22/h3-7,10,20H,8-9H2,1-2H3,(H2,25,30)(H,27,31). The molecule has 35 heavy (non-hydrogen) atoms.